The fraction of sp³-hybridized carbons (Fsp3) is 0.321. The highest BCUT2D eigenvalue weighted by molar-refractivity contribution is 7.92. The Labute approximate surface area is 213 Å². The average molecular weight is 509 g/mol. The van der Waals surface area contributed by atoms with E-state index in [1.807, 2.05) is 42.5 Å². The van der Waals surface area contributed by atoms with E-state index in [0.29, 0.717) is 22.9 Å². The molecule has 0 aliphatic carbocycles. The van der Waals surface area contributed by atoms with Gasteiger partial charge in [0.15, 0.2) is 6.10 Å². The second kappa shape index (κ2) is 11.0. The van der Waals surface area contributed by atoms with Gasteiger partial charge in [-0.15, -0.1) is 0 Å². The molecule has 1 aliphatic rings. The van der Waals surface area contributed by atoms with Crippen LogP contribution in [0.25, 0.3) is 0 Å². The van der Waals surface area contributed by atoms with Gasteiger partial charge >= 0.3 is 0 Å². The number of anilines is 1. The summed E-state index contributed by atoms with van der Waals surface area (Å²) < 4.78 is 39.5. The number of rotatable bonds is 9. The van der Waals surface area contributed by atoms with Gasteiger partial charge in [-0.05, 0) is 47.7 Å². The first-order chi connectivity index (χ1) is 17.3. The molecule has 36 heavy (non-hydrogen) atoms. The van der Waals surface area contributed by atoms with Gasteiger partial charge in [-0.3, -0.25) is 9.10 Å². The zero-order valence-corrected chi connectivity index (χ0v) is 21.6. The standard InChI is InChI=1S/C28H32N2O5S/c1-20(2)17-24(22-13-15-23(34-3)16-14-22)29-28(31)27-18-30(25-11-7-8-12-26(25)35-27)36(32,33)19-21-9-5-4-6-10-21/h4-16,20,24,27H,17-19H2,1-3H3,(H,29,31). The summed E-state index contributed by atoms with van der Waals surface area (Å²) in [5.74, 6) is 0.905. The lowest BCUT2D eigenvalue weighted by atomic mass is 9.96. The number of ether oxygens (including phenoxy) is 2. The number of carbonyl (C=O) groups is 1. The van der Waals surface area contributed by atoms with Gasteiger partial charge in [0.2, 0.25) is 10.0 Å². The minimum Gasteiger partial charge on any atom is -0.497 e. The highest BCUT2D eigenvalue weighted by atomic mass is 32.2. The largest absolute Gasteiger partial charge is 0.497 e. The minimum atomic E-state index is -3.76. The van der Waals surface area contributed by atoms with Gasteiger partial charge in [-0.2, -0.15) is 0 Å². The summed E-state index contributed by atoms with van der Waals surface area (Å²) in [4.78, 5) is 13.4. The van der Waals surface area contributed by atoms with Crippen molar-refractivity contribution in [3.8, 4) is 11.5 Å². The zero-order chi connectivity index (χ0) is 25.7. The van der Waals surface area contributed by atoms with Crippen LogP contribution in [0.15, 0.2) is 78.9 Å². The fourth-order valence-corrected chi connectivity index (χ4v) is 5.90. The molecule has 1 amide bonds. The summed E-state index contributed by atoms with van der Waals surface area (Å²) in [6.07, 6.45) is -0.268. The molecule has 1 N–H and O–H groups in total. The fourth-order valence-electron chi connectivity index (χ4n) is 4.32. The van der Waals surface area contributed by atoms with E-state index >= 15 is 0 Å². The van der Waals surface area contributed by atoms with E-state index in [9.17, 15) is 13.2 Å². The Bertz CT molecular complexity index is 1280. The van der Waals surface area contributed by atoms with Crippen LogP contribution in [0.2, 0.25) is 0 Å². The summed E-state index contributed by atoms with van der Waals surface area (Å²) in [5.41, 5.74) is 2.06. The first-order valence-corrected chi connectivity index (χ1v) is 13.6. The molecule has 1 heterocycles. The molecule has 2 unspecified atom stereocenters. The topological polar surface area (TPSA) is 84.9 Å². The van der Waals surface area contributed by atoms with Crippen LogP contribution in [-0.2, 0) is 20.6 Å². The van der Waals surface area contributed by atoms with Crippen LogP contribution in [-0.4, -0.2) is 34.1 Å². The number of hydrogen-bond acceptors (Lipinski definition) is 5. The van der Waals surface area contributed by atoms with Crippen LogP contribution in [0, 0.1) is 5.92 Å². The molecule has 0 fully saturated rings. The molecule has 0 saturated carbocycles. The van der Waals surface area contributed by atoms with Crippen molar-refractivity contribution >= 4 is 21.6 Å². The van der Waals surface area contributed by atoms with E-state index < -0.39 is 16.1 Å². The highest BCUT2D eigenvalue weighted by Crippen LogP contribution is 2.36. The third-order valence-corrected chi connectivity index (χ3v) is 7.81. The van der Waals surface area contributed by atoms with Crippen molar-refractivity contribution in [3.63, 3.8) is 0 Å². The number of carbonyl (C=O) groups excluding carboxylic acids is 1. The number of methoxy groups -OCH3 is 1. The van der Waals surface area contributed by atoms with Gasteiger partial charge in [0.25, 0.3) is 5.91 Å². The van der Waals surface area contributed by atoms with Crippen molar-refractivity contribution in [1.82, 2.24) is 5.32 Å². The van der Waals surface area contributed by atoms with Gasteiger partial charge in [0.1, 0.15) is 11.5 Å². The van der Waals surface area contributed by atoms with Crippen LogP contribution < -0.4 is 19.1 Å². The number of benzene rings is 3. The summed E-state index contributed by atoms with van der Waals surface area (Å²) in [7, 11) is -2.15. The molecule has 2 atom stereocenters. The third-order valence-electron chi connectivity index (χ3n) is 6.10. The molecule has 0 bridgehead atoms. The van der Waals surface area contributed by atoms with E-state index in [1.165, 1.54) is 4.31 Å². The summed E-state index contributed by atoms with van der Waals surface area (Å²) in [5, 5.41) is 3.10. The lowest BCUT2D eigenvalue weighted by molar-refractivity contribution is -0.128. The van der Waals surface area contributed by atoms with Crippen LogP contribution in [0.4, 0.5) is 5.69 Å². The molecular formula is C28H32N2O5S. The van der Waals surface area contributed by atoms with Gasteiger partial charge in [-0.25, -0.2) is 8.42 Å². The van der Waals surface area contributed by atoms with E-state index in [1.54, 1.807) is 43.5 Å². The Balaban J connectivity index is 1.58. The lowest BCUT2D eigenvalue weighted by Crippen LogP contribution is -2.51. The molecule has 0 spiro atoms. The van der Waals surface area contributed by atoms with Crippen LogP contribution in [0.1, 0.15) is 37.4 Å². The predicted octanol–water partition coefficient (Wildman–Crippen LogP) is 4.70. The van der Waals surface area contributed by atoms with Crippen molar-refractivity contribution in [2.24, 2.45) is 5.92 Å². The molecule has 0 aromatic heterocycles. The molecular weight excluding hydrogens is 476 g/mol. The second-order valence-corrected chi connectivity index (χ2v) is 11.2. The SMILES string of the molecule is COc1ccc(C(CC(C)C)NC(=O)C2CN(S(=O)(=O)Cc3ccccc3)c3ccccc3O2)cc1. The average Bonchev–Trinajstić information content (AvgIpc) is 2.87. The third kappa shape index (κ3) is 5.99. The number of nitrogens with zero attached hydrogens (tertiary/aromatic N) is 1. The predicted molar refractivity (Wildman–Crippen MR) is 141 cm³/mol. The van der Waals surface area contributed by atoms with Crippen LogP contribution in [0.5, 0.6) is 11.5 Å². The molecule has 4 rings (SSSR count). The van der Waals surface area contributed by atoms with Crippen molar-refractivity contribution in [3.05, 3.63) is 90.0 Å². The van der Waals surface area contributed by atoms with Gasteiger partial charge in [-0.1, -0.05) is 68.4 Å². The number of hydrogen-bond donors (Lipinski definition) is 1. The minimum absolute atomic E-state index is 0.102. The quantitative estimate of drug-likeness (QED) is 0.453. The first-order valence-electron chi connectivity index (χ1n) is 12.0. The monoisotopic (exact) mass is 508 g/mol. The van der Waals surface area contributed by atoms with Gasteiger partial charge in [0, 0.05) is 0 Å². The molecule has 0 saturated heterocycles. The van der Waals surface area contributed by atoms with Crippen molar-refractivity contribution < 1.29 is 22.7 Å². The van der Waals surface area contributed by atoms with Gasteiger partial charge in [0.05, 0.1) is 31.1 Å². The highest BCUT2D eigenvalue weighted by Gasteiger charge is 2.37. The lowest BCUT2D eigenvalue weighted by Gasteiger charge is -2.35. The second-order valence-electron chi connectivity index (χ2n) is 9.31. The maximum absolute atomic E-state index is 13.5. The molecule has 190 valence electrons. The molecule has 3 aromatic rings. The maximum atomic E-state index is 13.5. The Hall–Kier alpha value is -3.52. The van der Waals surface area contributed by atoms with Crippen molar-refractivity contribution in [1.29, 1.82) is 0 Å². The first kappa shape index (κ1) is 25.6. The molecule has 1 aliphatic heterocycles. The molecule has 3 aromatic carbocycles. The Morgan fingerprint density at radius 2 is 1.69 bits per heavy atom. The maximum Gasteiger partial charge on any atom is 0.263 e. The molecule has 8 heteroatoms. The molecule has 7 nitrogen and oxygen atoms in total. The number of nitrogens with one attached hydrogen (secondary N) is 1. The van der Waals surface area contributed by atoms with E-state index in [-0.39, 0.29) is 24.2 Å². The zero-order valence-electron chi connectivity index (χ0n) is 20.8. The van der Waals surface area contributed by atoms with E-state index in [0.717, 1.165) is 17.7 Å². The summed E-state index contributed by atoms with van der Waals surface area (Å²) in [6, 6.07) is 23.3. The van der Waals surface area contributed by atoms with E-state index in [4.69, 9.17) is 9.47 Å². The van der Waals surface area contributed by atoms with E-state index in [2.05, 4.69) is 19.2 Å². The van der Waals surface area contributed by atoms with Crippen molar-refractivity contribution in [2.75, 3.05) is 18.0 Å². The smallest absolute Gasteiger partial charge is 0.263 e. The number of para-hydroxylation sites is 2. The Morgan fingerprint density at radius 1 is 1.03 bits per heavy atom. The summed E-state index contributed by atoms with van der Waals surface area (Å²) >= 11 is 0. The normalized spacial score (nSPS) is 16.1. The van der Waals surface area contributed by atoms with Gasteiger partial charge < -0.3 is 14.8 Å². The number of sulfonamides is 1. The van der Waals surface area contributed by atoms with Crippen molar-refractivity contribution in [2.45, 2.75) is 38.2 Å². The van der Waals surface area contributed by atoms with Crippen LogP contribution >= 0.6 is 0 Å². The number of fused-ring (bicyclic) bond motifs is 1. The molecule has 0 radical (unpaired) electrons. The Kier molecular flexibility index (Phi) is 7.84. The number of amides is 1. The van der Waals surface area contributed by atoms with Crippen LogP contribution in [0.3, 0.4) is 0 Å². The Morgan fingerprint density at radius 3 is 2.36 bits per heavy atom. The summed E-state index contributed by atoms with van der Waals surface area (Å²) in [6.45, 7) is 4.08.